The minimum atomic E-state index is -0.0546. The second-order valence-corrected chi connectivity index (χ2v) is 10.1. The molecule has 4 aliphatic carbocycles. The van der Waals surface area contributed by atoms with E-state index in [1.807, 2.05) is 32.2 Å². The van der Waals surface area contributed by atoms with E-state index in [1.165, 1.54) is 38.5 Å². The molecule has 5 heteroatoms. The first kappa shape index (κ1) is 19.4. The van der Waals surface area contributed by atoms with Gasteiger partial charge in [0.2, 0.25) is 5.91 Å². The number of ether oxygens (including phenoxy) is 2. The molecule has 0 aromatic heterocycles. The number of hydrogen-bond acceptors (Lipinski definition) is 4. The number of carbonyl (C=O) groups is 1. The van der Waals surface area contributed by atoms with E-state index < -0.39 is 0 Å². The monoisotopic (exact) mass is 398 g/mol. The van der Waals surface area contributed by atoms with Crippen LogP contribution < -0.4 is 15.4 Å². The lowest BCUT2D eigenvalue weighted by molar-refractivity contribution is -0.131. The highest BCUT2D eigenvalue weighted by atomic mass is 16.5. The summed E-state index contributed by atoms with van der Waals surface area (Å²) in [6.07, 6.45) is 8.76. The fourth-order valence-corrected chi connectivity index (χ4v) is 7.12. The Morgan fingerprint density at radius 1 is 1.21 bits per heavy atom. The summed E-state index contributed by atoms with van der Waals surface area (Å²) in [6.45, 7) is 3.76. The average molecular weight is 399 g/mol. The number of nitrogens with one attached hydrogen (secondary N) is 2. The molecule has 0 heterocycles. The van der Waals surface area contributed by atoms with E-state index in [9.17, 15) is 4.79 Å². The highest BCUT2D eigenvalue weighted by molar-refractivity contribution is 5.92. The molecular formula is C24H34N2O3. The summed E-state index contributed by atoms with van der Waals surface area (Å²) in [4.78, 5) is 12.7. The lowest BCUT2D eigenvalue weighted by Gasteiger charge is -2.49. The summed E-state index contributed by atoms with van der Waals surface area (Å²) < 4.78 is 12.2. The first-order chi connectivity index (χ1) is 14.0. The third kappa shape index (κ3) is 3.36. The van der Waals surface area contributed by atoms with Crippen molar-refractivity contribution in [3.05, 3.63) is 23.8 Å². The summed E-state index contributed by atoms with van der Waals surface area (Å²) in [5.41, 5.74) is 2.42. The van der Waals surface area contributed by atoms with Crippen molar-refractivity contribution in [2.24, 2.45) is 23.2 Å². The molecule has 5 unspecified atom stereocenters. The van der Waals surface area contributed by atoms with Gasteiger partial charge < -0.3 is 20.1 Å². The van der Waals surface area contributed by atoms with E-state index in [2.05, 4.69) is 10.6 Å². The fourth-order valence-electron chi connectivity index (χ4n) is 7.12. The quantitative estimate of drug-likeness (QED) is 0.619. The first-order valence-corrected chi connectivity index (χ1v) is 11.3. The number of aryl methyl sites for hydroxylation is 1. The van der Waals surface area contributed by atoms with Gasteiger partial charge in [0.1, 0.15) is 12.4 Å². The van der Waals surface area contributed by atoms with Crippen LogP contribution in [0.1, 0.15) is 50.5 Å². The molecule has 0 saturated heterocycles. The minimum absolute atomic E-state index is 0.0243. The third-order valence-electron chi connectivity index (χ3n) is 8.24. The second-order valence-electron chi connectivity index (χ2n) is 10.1. The van der Waals surface area contributed by atoms with E-state index in [-0.39, 0.29) is 18.1 Å². The molecule has 4 aliphatic rings. The van der Waals surface area contributed by atoms with Gasteiger partial charge in [0, 0.05) is 11.8 Å². The van der Waals surface area contributed by atoms with Crippen LogP contribution in [0.2, 0.25) is 0 Å². The third-order valence-corrected chi connectivity index (χ3v) is 8.24. The summed E-state index contributed by atoms with van der Waals surface area (Å²) in [5.74, 6) is 3.40. The van der Waals surface area contributed by atoms with Crippen LogP contribution in [0.25, 0.3) is 0 Å². The SMILES string of the molecule is CNCCCOc1ccc(C)c(NC(=O)COC23CC4CC5CC(C2)C5(C4)C3)c1. The van der Waals surface area contributed by atoms with E-state index in [0.29, 0.717) is 12.0 Å². The molecule has 29 heavy (non-hydrogen) atoms. The van der Waals surface area contributed by atoms with Gasteiger partial charge in [-0.1, -0.05) is 6.07 Å². The van der Waals surface area contributed by atoms with Crippen LogP contribution in [0.4, 0.5) is 5.69 Å². The van der Waals surface area contributed by atoms with Crippen LogP contribution >= 0.6 is 0 Å². The highest BCUT2D eigenvalue weighted by Crippen LogP contribution is 2.77. The topological polar surface area (TPSA) is 59.6 Å². The summed E-state index contributed by atoms with van der Waals surface area (Å²) in [6, 6.07) is 5.88. The summed E-state index contributed by atoms with van der Waals surface area (Å²) in [7, 11) is 1.94. The van der Waals surface area contributed by atoms with Gasteiger partial charge in [-0.3, -0.25) is 4.79 Å². The maximum atomic E-state index is 12.7. The fraction of sp³-hybridized carbons (Fsp3) is 0.708. The largest absolute Gasteiger partial charge is 0.493 e. The highest BCUT2D eigenvalue weighted by Gasteiger charge is 2.71. The van der Waals surface area contributed by atoms with Crippen molar-refractivity contribution < 1.29 is 14.3 Å². The van der Waals surface area contributed by atoms with E-state index in [4.69, 9.17) is 9.47 Å². The molecule has 1 aromatic rings. The van der Waals surface area contributed by atoms with Crippen molar-refractivity contribution in [1.82, 2.24) is 5.32 Å². The van der Waals surface area contributed by atoms with E-state index in [0.717, 1.165) is 47.7 Å². The maximum absolute atomic E-state index is 12.7. The Morgan fingerprint density at radius 2 is 2.10 bits per heavy atom. The van der Waals surface area contributed by atoms with Gasteiger partial charge in [-0.25, -0.2) is 0 Å². The standard InChI is InChI=1S/C24H34N2O3/c1-16-4-5-20(28-7-3-6-25-2)10-21(16)26-22(27)14-29-23-11-17-8-18-9-19(13-23)24(18,12-17)15-23/h4-5,10,17-19,25H,3,6-9,11-15H2,1-2H3,(H,26,27). The Morgan fingerprint density at radius 3 is 2.97 bits per heavy atom. The van der Waals surface area contributed by atoms with Crippen LogP contribution in [0.15, 0.2) is 18.2 Å². The Labute approximate surface area is 173 Å². The van der Waals surface area contributed by atoms with Gasteiger partial charge in [-0.05, 0) is 100 Å². The van der Waals surface area contributed by atoms with Gasteiger partial charge in [0.05, 0.1) is 12.2 Å². The Balaban J connectivity index is 1.16. The van der Waals surface area contributed by atoms with Gasteiger partial charge in [-0.15, -0.1) is 0 Å². The lowest BCUT2D eigenvalue weighted by Crippen LogP contribution is -2.43. The van der Waals surface area contributed by atoms with Gasteiger partial charge >= 0.3 is 0 Å². The second kappa shape index (κ2) is 7.28. The minimum Gasteiger partial charge on any atom is -0.493 e. The Kier molecular flexibility index (Phi) is 4.86. The predicted octanol–water partition coefficient (Wildman–Crippen LogP) is 3.91. The van der Waals surface area contributed by atoms with Crippen molar-refractivity contribution in [2.75, 3.05) is 32.1 Å². The zero-order chi connectivity index (χ0) is 20.1. The van der Waals surface area contributed by atoms with Crippen molar-refractivity contribution >= 4 is 11.6 Å². The van der Waals surface area contributed by atoms with E-state index >= 15 is 0 Å². The zero-order valence-electron chi connectivity index (χ0n) is 17.8. The smallest absolute Gasteiger partial charge is 0.250 e. The number of anilines is 1. The van der Waals surface area contributed by atoms with Crippen LogP contribution in [0.3, 0.4) is 0 Å². The molecule has 5 atom stereocenters. The van der Waals surface area contributed by atoms with Crippen LogP contribution in [-0.2, 0) is 9.53 Å². The molecule has 2 N–H and O–H groups in total. The maximum Gasteiger partial charge on any atom is 0.250 e. The van der Waals surface area contributed by atoms with Crippen LogP contribution in [0.5, 0.6) is 5.75 Å². The summed E-state index contributed by atoms with van der Waals surface area (Å²) in [5, 5.41) is 6.16. The molecule has 1 aromatic carbocycles. The number of rotatable bonds is 9. The van der Waals surface area contributed by atoms with Crippen molar-refractivity contribution in [3.63, 3.8) is 0 Å². The predicted molar refractivity (Wildman–Crippen MR) is 113 cm³/mol. The Hall–Kier alpha value is -1.59. The molecule has 4 fully saturated rings. The molecular weight excluding hydrogens is 364 g/mol. The number of carbonyl (C=O) groups excluding carboxylic acids is 1. The average Bonchev–Trinajstić information content (AvgIpc) is 3.01. The lowest BCUT2D eigenvalue weighted by atomic mass is 9.56. The zero-order valence-corrected chi connectivity index (χ0v) is 17.8. The molecule has 4 saturated carbocycles. The molecule has 0 radical (unpaired) electrons. The van der Waals surface area contributed by atoms with E-state index in [1.54, 1.807) is 0 Å². The molecule has 3 bridgehead atoms. The molecule has 1 spiro atoms. The molecule has 0 aliphatic heterocycles. The van der Waals surface area contributed by atoms with Gasteiger partial charge in [0.15, 0.2) is 0 Å². The summed E-state index contributed by atoms with van der Waals surface area (Å²) >= 11 is 0. The number of fused-ring (bicyclic) bond motifs is 2. The van der Waals surface area contributed by atoms with Crippen LogP contribution in [0, 0.1) is 30.1 Å². The van der Waals surface area contributed by atoms with Gasteiger partial charge in [-0.2, -0.15) is 0 Å². The van der Waals surface area contributed by atoms with Crippen molar-refractivity contribution in [1.29, 1.82) is 0 Å². The number of benzene rings is 1. The molecule has 5 rings (SSSR count). The molecule has 5 nitrogen and oxygen atoms in total. The number of amides is 1. The van der Waals surface area contributed by atoms with Gasteiger partial charge in [0.25, 0.3) is 0 Å². The van der Waals surface area contributed by atoms with Crippen molar-refractivity contribution in [2.45, 2.75) is 57.5 Å². The normalized spacial score (nSPS) is 36.0. The molecule has 158 valence electrons. The first-order valence-electron chi connectivity index (χ1n) is 11.3. The van der Waals surface area contributed by atoms with Crippen LogP contribution in [-0.4, -0.2) is 38.3 Å². The number of hydrogen-bond donors (Lipinski definition) is 2. The van der Waals surface area contributed by atoms with Crippen molar-refractivity contribution in [3.8, 4) is 5.75 Å². The molecule has 1 amide bonds. The Bertz CT molecular complexity index is 792.